The summed E-state index contributed by atoms with van der Waals surface area (Å²) in [7, 11) is 1.80. The Hall–Kier alpha value is -1.57. The van der Waals surface area contributed by atoms with Gasteiger partial charge in [-0.05, 0) is 24.3 Å². The highest BCUT2D eigenvalue weighted by atomic mass is 127. The molecule has 6 heteroatoms. The lowest BCUT2D eigenvalue weighted by Crippen LogP contribution is -2.44. The Labute approximate surface area is 179 Å². The van der Waals surface area contributed by atoms with E-state index in [1.807, 2.05) is 6.07 Å². The number of hydrogen-bond donors (Lipinski definition) is 2. The molecule has 0 aliphatic heterocycles. The molecular weight excluding hydrogens is 451 g/mol. The highest BCUT2D eigenvalue weighted by molar-refractivity contribution is 14.0. The van der Waals surface area contributed by atoms with Gasteiger partial charge in [0.1, 0.15) is 0 Å². The molecule has 0 unspecified atom stereocenters. The molecule has 148 valence electrons. The molecule has 1 aliphatic rings. The molecule has 2 aromatic rings. The van der Waals surface area contributed by atoms with Crippen molar-refractivity contribution in [3.63, 3.8) is 0 Å². The zero-order chi connectivity index (χ0) is 18.4. The van der Waals surface area contributed by atoms with E-state index in [1.54, 1.807) is 7.05 Å². The fourth-order valence-corrected chi connectivity index (χ4v) is 3.74. The number of rotatable bonds is 6. The Morgan fingerprint density at radius 2 is 1.89 bits per heavy atom. The van der Waals surface area contributed by atoms with E-state index in [9.17, 15) is 0 Å². The lowest BCUT2D eigenvalue weighted by Gasteiger charge is -2.30. The standard InChI is InChI=1S/C21H30N4O.HI/c1-16(2)19-13-18(26-25-19)14-23-20(22-3)24-15-21(11-7-8-12-21)17-9-5-4-6-10-17;/h4-6,9-10,13,16H,7-8,11-12,14-15H2,1-3H3,(H2,22,23,24);1H. The van der Waals surface area contributed by atoms with Gasteiger partial charge in [0.15, 0.2) is 11.7 Å². The third-order valence-electron chi connectivity index (χ3n) is 5.36. The smallest absolute Gasteiger partial charge is 0.191 e. The van der Waals surface area contributed by atoms with Crippen LogP contribution in [0.3, 0.4) is 0 Å². The van der Waals surface area contributed by atoms with E-state index in [2.05, 4.69) is 65.0 Å². The van der Waals surface area contributed by atoms with Gasteiger partial charge in [0.2, 0.25) is 0 Å². The summed E-state index contributed by atoms with van der Waals surface area (Å²) in [6.45, 7) is 5.70. The topological polar surface area (TPSA) is 62.5 Å². The molecular formula is C21H31IN4O. The van der Waals surface area contributed by atoms with E-state index in [1.165, 1.54) is 31.2 Å². The van der Waals surface area contributed by atoms with Crippen molar-refractivity contribution in [1.29, 1.82) is 0 Å². The van der Waals surface area contributed by atoms with Crippen molar-refractivity contribution in [1.82, 2.24) is 15.8 Å². The molecule has 0 saturated heterocycles. The first-order valence-electron chi connectivity index (χ1n) is 9.58. The van der Waals surface area contributed by atoms with Gasteiger partial charge >= 0.3 is 0 Å². The van der Waals surface area contributed by atoms with Crippen LogP contribution in [0.4, 0.5) is 0 Å². The second-order valence-corrected chi connectivity index (χ2v) is 7.51. The van der Waals surface area contributed by atoms with Crippen LogP contribution in [0, 0.1) is 0 Å². The molecule has 27 heavy (non-hydrogen) atoms. The SMILES string of the molecule is CN=C(NCc1cc(C(C)C)no1)NCC1(c2ccccc2)CCCC1.I. The summed E-state index contributed by atoms with van der Waals surface area (Å²) in [5, 5.41) is 11.0. The van der Waals surface area contributed by atoms with Gasteiger partial charge in [-0.25, -0.2) is 0 Å². The number of benzene rings is 1. The predicted octanol–water partition coefficient (Wildman–Crippen LogP) is 4.59. The van der Waals surface area contributed by atoms with Crippen molar-refractivity contribution < 1.29 is 4.52 Å². The van der Waals surface area contributed by atoms with Gasteiger partial charge in [0.25, 0.3) is 0 Å². The summed E-state index contributed by atoms with van der Waals surface area (Å²) in [6.07, 6.45) is 5.03. The zero-order valence-electron chi connectivity index (χ0n) is 16.5. The molecule has 0 amide bonds. The molecule has 0 atom stereocenters. The second kappa shape index (κ2) is 10.1. The maximum absolute atomic E-state index is 5.39. The van der Waals surface area contributed by atoms with Crippen LogP contribution in [0.25, 0.3) is 0 Å². The largest absolute Gasteiger partial charge is 0.359 e. The summed E-state index contributed by atoms with van der Waals surface area (Å²) in [6, 6.07) is 12.9. The van der Waals surface area contributed by atoms with Gasteiger partial charge in [-0.2, -0.15) is 0 Å². The number of hydrogen-bond acceptors (Lipinski definition) is 3. The van der Waals surface area contributed by atoms with Gasteiger partial charge in [0, 0.05) is 25.1 Å². The summed E-state index contributed by atoms with van der Waals surface area (Å²) in [5.74, 6) is 2.00. The van der Waals surface area contributed by atoms with Crippen molar-refractivity contribution in [3.8, 4) is 0 Å². The van der Waals surface area contributed by atoms with E-state index in [0.29, 0.717) is 12.5 Å². The number of guanidine groups is 1. The summed E-state index contributed by atoms with van der Waals surface area (Å²) in [4.78, 5) is 4.36. The molecule has 5 nitrogen and oxygen atoms in total. The molecule has 1 fully saturated rings. The van der Waals surface area contributed by atoms with Crippen LogP contribution < -0.4 is 10.6 Å². The first kappa shape index (κ1) is 21.7. The van der Waals surface area contributed by atoms with Crippen molar-refractivity contribution in [2.45, 2.75) is 57.4 Å². The summed E-state index contributed by atoms with van der Waals surface area (Å²) in [5.41, 5.74) is 2.62. The monoisotopic (exact) mass is 482 g/mol. The van der Waals surface area contributed by atoms with E-state index < -0.39 is 0 Å². The van der Waals surface area contributed by atoms with Gasteiger partial charge in [0.05, 0.1) is 12.2 Å². The molecule has 0 bridgehead atoms. The minimum absolute atomic E-state index is 0. The van der Waals surface area contributed by atoms with E-state index in [0.717, 1.165) is 24.0 Å². The Balaban J connectivity index is 0.00000261. The van der Waals surface area contributed by atoms with Gasteiger partial charge < -0.3 is 15.2 Å². The maximum Gasteiger partial charge on any atom is 0.191 e. The van der Waals surface area contributed by atoms with Crippen LogP contribution in [0.5, 0.6) is 0 Å². The number of nitrogens with one attached hydrogen (secondary N) is 2. The zero-order valence-corrected chi connectivity index (χ0v) is 18.8. The fourth-order valence-electron chi connectivity index (χ4n) is 3.74. The predicted molar refractivity (Wildman–Crippen MR) is 121 cm³/mol. The van der Waals surface area contributed by atoms with Gasteiger partial charge in [-0.1, -0.05) is 62.2 Å². The lowest BCUT2D eigenvalue weighted by molar-refractivity contribution is 0.371. The number of aliphatic imine (C=N–C) groups is 1. The van der Waals surface area contributed by atoms with Crippen LogP contribution in [0.15, 0.2) is 45.9 Å². The molecule has 1 saturated carbocycles. The molecule has 1 aromatic carbocycles. The Morgan fingerprint density at radius 3 is 2.48 bits per heavy atom. The number of nitrogens with zero attached hydrogens (tertiary/aromatic N) is 2. The van der Waals surface area contributed by atoms with Crippen molar-refractivity contribution in [3.05, 3.63) is 53.4 Å². The van der Waals surface area contributed by atoms with Gasteiger partial charge in [-0.15, -0.1) is 24.0 Å². The van der Waals surface area contributed by atoms with E-state index >= 15 is 0 Å². The van der Waals surface area contributed by atoms with Crippen LogP contribution in [-0.4, -0.2) is 24.7 Å². The average molecular weight is 482 g/mol. The molecule has 3 rings (SSSR count). The minimum Gasteiger partial charge on any atom is -0.359 e. The Morgan fingerprint density at radius 1 is 1.19 bits per heavy atom. The third-order valence-corrected chi connectivity index (χ3v) is 5.36. The van der Waals surface area contributed by atoms with Crippen LogP contribution in [-0.2, 0) is 12.0 Å². The Kier molecular flexibility index (Phi) is 8.13. The first-order chi connectivity index (χ1) is 12.6. The van der Waals surface area contributed by atoms with Gasteiger partial charge in [-0.3, -0.25) is 4.99 Å². The highest BCUT2D eigenvalue weighted by Crippen LogP contribution is 2.40. The second-order valence-electron chi connectivity index (χ2n) is 7.51. The number of aromatic nitrogens is 1. The van der Waals surface area contributed by atoms with E-state index in [4.69, 9.17) is 4.52 Å². The minimum atomic E-state index is 0. The third kappa shape index (κ3) is 5.46. The quantitative estimate of drug-likeness (QED) is 0.359. The fraction of sp³-hybridized carbons (Fsp3) is 0.524. The molecule has 2 N–H and O–H groups in total. The number of halogens is 1. The van der Waals surface area contributed by atoms with Crippen molar-refractivity contribution in [2.75, 3.05) is 13.6 Å². The Bertz CT molecular complexity index is 721. The molecule has 1 aromatic heterocycles. The highest BCUT2D eigenvalue weighted by Gasteiger charge is 2.35. The average Bonchev–Trinajstić information content (AvgIpc) is 3.33. The summed E-state index contributed by atoms with van der Waals surface area (Å²) < 4.78 is 5.39. The molecule has 0 radical (unpaired) electrons. The maximum atomic E-state index is 5.39. The summed E-state index contributed by atoms with van der Waals surface area (Å²) >= 11 is 0. The normalized spacial score (nSPS) is 16.2. The van der Waals surface area contributed by atoms with Crippen molar-refractivity contribution in [2.24, 2.45) is 4.99 Å². The van der Waals surface area contributed by atoms with Crippen LogP contribution in [0.1, 0.15) is 62.5 Å². The van der Waals surface area contributed by atoms with E-state index in [-0.39, 0.29) is 29.4 Å². The molecule has 0 spiro atoms. The molecule has 1 aliphatic carbocycles. The first-order valence-corrected chi connectivity index (χ1v) is 9.58. The van der Waals surface area contributed by atoms with Crippen molar-refractivity contribution >= 4 is 29.9 Å². The van der Waals surface area contributed by atoms with Crippen LogP contribution in [0.2, 0.25) is 0 Å². The van der Waals surface area contributed by atoms with Crippen LogP contribution >= 0.6 is 24.0 Å². The molecule has 1 heterocycles. The lowest BCUT2D eigenvalue weighted by atomic mass is 9.79.